The monoisotopic (exact) mass is 321 g/mol. The molecular weight excluding hydrogens is 302 g/mol. The van der Waals surface area contributed by atoms with Gasteiger partial charge in [-0.05, 0) is 30.7 Å². The maximum atomic E-state index is 12.3. The van der Waals surface area contributed by atoms with Crippen molar-refractivity contribution < 1.29 is 24.2 Å². The number of rotatable bonds is 7. The minimum absolute atomic E-state index is 0.0366. The van der Waals surface area contributed by atoms with Crippen molar-refractivity contribution in [3.63, 3.8) is 0 Å². The van der Waals surface area contributed by atoms with Crippen molar-refractivity contribution in [2.75, 3.05) is 18.6 Å². The van der Waals surface area contributed by atoms with Gasteiger partial charge in [-0.25, -0.2) is 10.3 Å². The van der Waals surface area contributed by atoms with E-state index in [2.05, 4.69) is 10.9 Å². The van der Waals surface area contributed by atoms with Crippen LogP contribution in [0.15, 0.2) is 24.3 Å². The molecule has 0 aromatic heterocycles. The highest BCUT2D eigenvalue weighted by Crippen LogP contribution is 2.24. The van der Waals surface area contributed by atoms with Crippen molar-refractivity contribution in [2.45, 2.75) is 25.3 Å². The molecule has 8 nitrogen and oxygen atoms in total. The second-order valence-corrected chi connectivity index (χ2v) is 5.04. The van der Waals surface area contributed by atoms with E-state index < -0.39 is 11.9 Å². The second-order valence-electron chi connectivity index (χ2n) is 5.04. The van der Waals surface area contributed by atoms with E-state index in [-0.39, 0.29) is 31.3 Å². The van der Waals surface area contributed by atoms with Crippen LogP contribution in [0.5, 0.6) is 5.75 Å². The minimum Gasteiger partial charge on any atom is -0.497 e. The first-order valence-corrected chi connectivity index (χ1v) is 7.23. The zero-order chi connectivity index (χ0) is 16.8. The molecule has 0 spiro atoms. The fourth-order valence-electron chi connectivity index (χ4n) is 2.22. The van der Waals surface area contributed by atoms with Crippen LogP contribution < -0.4 is 20.5 Å². The number of aliphatic hydroxyl groups excluding tert-OH is 1. The fourth-order valence-corrected chi connectivity index (χ4v) is 2.22. The average molecular weight is 321 g/mol. The van der Waals surface area contributed by atoms with Gasteiger partial charge in [0.2, 0.25) is 11.8 Å². The first-order valence-electron chi connectivity index (χ1n) is 7.23. The maximum Gasteiger partial charge on any atom is 0.253 e. The van der Waals surface area contributed by atoms with E-state index in [9.17, 15) is 14.4 Å². The van der Waals surface area contributed by atoms with E-state index in [4.69, 9.17) is 9.84 Å². The van der Waals surface area contributed by atoms with Crippen molar-refractivity contribution in [2.24, 2.45) is 0 Å². The van der Waals surface area contributed by atoms with Gasteiger partial charge in [0.25, 0.3) is 5.91 Å². The van der Waals surface area contributed by atoms with Crippen LogP contribution in [-0.2, 0) is 14.4 Å². The molecular formula is C15H19N3O5. The third kappa shape index (κ3) is 4.05. The Morgan fingerprint density at radius 2 is 2.04 bits per heavy atom. The summed E-state index contributed by atoms with van der Waals surface area (Å²) in [4.78, 5) is 36.9. The Balaban J connectivity index is 1.97. The predicted molar refractivity (Wildman–Crippen MR) is 81.5 cm³/mol. The molecule has 0 aliphatic carbocycles. The van der Waals surface area contributed by atoms with Crippen LogP contribution in [0.4, 0.5) is 5.69 Å². The highest BCUT2D eigenvalue weighted by atomic mass is 16.5. The van der Waals surface area contributed by atoms with Gasteiger partial charge < -0.3 is 9.84 Å². The summed E-state index contributed by atoms with van der Waals surface area (Å²) in [5.41, 5.74) is 5.41. The van der Waals surface area contributed by atoms with Gasteiger partial charge in [0, 0.05) is 13.0 Å². The van der Waals surface area contributed by atoms with Crippen LogP contribution in [0.25, 0.3) is 0 Å². The number of carbonyl (C=O) groups excluding carboxylic acids is 3. The number of hydrogen-bond acceptors (Lipinski definition) is 6. The first kappa shape index (κ1) is 16.9. The van der Waals surface area contributed by atoms with Crippen LogP contribution in [0.3, 0.4) is 0 Å². The Bertz CT molecular complexity index is 587. The van der Waals surface area contributed by atoms with Gasteiger partial charge >= 0.3 is 0 Å². The lowest BCUT2D eigenvalue weighted by Gasteiger charge is -2.16. The van der Waals surface area contributed by atoms with Crippen LogP contribution in [0.1, 0.15) is 19.3 Å². The highest BCUT2D eigenvalue weighted by Gasteiger charge is 2.39. The number of hydrogen-bond donors (Lipinski definition) is 3. The molecule has 1 fully saturated rings. The van der Waals surface area contributed by atoms with Crippen molar-refractivity contribution >= 4 is 23.4 Å². The van der Waals surface area contributed by atoms with Crippen LogP contribution >= 0.6 is 0 Å². The molecule has 1 aliphatic rings. The standard InChI is InChI=1S/C15H19N3O5/c1-23-11-6-4-10(5-7-11)18-14(21)9-12(15(18)22)16-17-13(20)3-2-8-19/h4-7,12,16,19H,2-3,8-9H2,1H3,(H,17,20)/t12-/m0/s1. The van der Waals surface area contributed by atoms with Gasteiger partial charge in [-0.1, -0.05) is 0 Å². The number of amides is 3. The fraction of sp³-hybridized carbons (Fsp3) is 0.400. The summed E-state index contributed by atoms with van der Waals surface area (Å²) in [6, 6.07) is 5.76. The molecule has 0 unspecified atom stereocenters. The lowest BCUT2D eigenvalue weighted by molar-refractivity contribution is -0.123. The largest absolute Gasteiger partial charge is 0.497 e. The van der Waals surface area contributed by atoms with Crippen LogP contribution in [0, 0.1) is 0 Å². The quantitative estimate of drug-likeness (QED) is 0.471. The zero-order valence-electron chi connectivity index (χ0n) is 12.7. The Morgan fingerprint density at radius 1 is 1.35 bits per heavy atom. The van der Waals surface area contributed by atoms with Gasteiger partial charge in [0.05, 0.1) is 19.2 Å². The molecule has 124 valence electrons. The Kier molecular flexibility index (Phi) is 5.67. The molecule has 3 N–H and O–H groups in total. The lowest BCUT2D eigenvalue weighted by atomic mass is 10.2. The Hall–Kier alpha value is -2.45. The van der Waals surface area contributed by atoms with E-state index in [0.717, 1.165) is 4.90 Å². The van der Waals surface area contributed by atoms with Crippen molar-refractivity contribution in [3.8, 4) is 5.75 Å². The predicted octanol–water partition coefficient (Wildman–Crippen LogP) is -0.280. The third-order valence-electron chi connectivity index (χ3n) is 3.43. The molecule has 1 aromatic rings. The summed E-state index contributed by atoms with van der Waals surface area (Å²) in [5, 5.41) is 8.66. The number of methoxy groups -OCH3 is 1. The molecule has 2 rings (SSSR count). The number of ether oxygens (including phenoxy) is 1. The SMILES string of the molecule is COc1ccc(N2C(=O)C[C@H](NNC(=O)CCCO)C2=O)cc1. The molecule has 1 aromatic carbocycles. The summed E-state index contributed by atoms with van der Waals surface area (Å²) < 4.78 is 5.04. The Labute approximate surface area is 133 Å². The van der Waals surface area contributed by atoms with Gasteiger partial charge in [-0.2, -0.15) is 0 Å². The molecule has 1 atom stereocenters. The maximum absolute atomic E-state index is 12.3. The molecule has 0 bridgehead atoms. The molecule has 8 heteroatoms. The van der Waals surface area contributed by atoms with E-state index in [1.54, 1.807) is 24.3 Å². The van der Waals surface area contributed by atoms with Crippen LogP contribution in [-0.4, -0.2) is 42.6 Å². The van der Waals surface area contributed by atoms with Gasteiger partial charge in [-0.15, -0.1) is 0 Å². The first-order chi connectivity index (χ1) is 11.1. The summed E-state index contributed by atoms with van der Waals surface area (Å²) in [5.74, 6) is -0.495. The summed E-state index contributed by atoms with van der Waals surface area (Å²) in [6.07, 6.45) is 0.439. The van der Waals surface area contributed by atoms with Gasteiger partial charge in [0.1, 0.15) is 11.8 Å². The zero-order valence-corrected chi connectivity index (χ0v) is 12.7. The molecule has 0 radical (unpaired) electrons. The molecule has 1 aliphatic heterocycles. The highest BCUT2D eigenvalue weighted by molar-refractivity contribution is 6.22. The van der Waals surface area contributed by atoms with Crippen molar-refractivity contribution in [3.05, 3.63) is 24.3 Å². The molecule has 1 saturated heterocycles. The Morgan fingerprint density at radius 3 is 2.65 bits per heavy atom. The van der Waals surface area contributed by atoms with E-state index in [1.807, 2.05) is 0 Å². The van der Waals surface area contributed by atoms with E-state index >= 15 is 0 Å². The summed E-state index contributed by atoms with van der Waals surface area (Å²) in [6.45, 7) is -0.0838. The number of nitrogens with zero attached hydrogens (tertiary/aromatic N) is 1. The van der Waals surface area contributed by atoms with E-state index in [0.29, 0.717) is 17.9 Å². The number of imide groups is 1. The number of hydrazine groups is 1. The molecule has 3 amide bonds. The molecule has 23 heavy (non-hydrogen) atoms. The number of benzene rings is 1. The van der Waals surface area contributed by atoms with Crippen molar-refractivity contribution in [1.29, 1.82) is 0 Å². The van der Waals surface area contributed by atoms with Gasteiger partial charge in [0.15, 0.2) is 0 Å². The second kappa shape index (κ2) is 7.70. The number of anilines is 1. The van der Waals surface area contributed by atoms with Crippen molar-refractivity contribution in [1.82, 2.24) is 10.9 Å². The van der Waals surface area contributed by atoms with E-state index in [1.165, 1.54) is 7.11 Å². The lowest BCUT2D eigenvalue weighted by Crippen LogP contribution is -2.48. The third-order valence-corrected chi connectivity index (χ3v) is 3.43. The summed E-state index contributed by atoms with van der Waals surface area (Å²) in [7, 11) is 1.53. The number of aliphatic hydroxyl groups is 1. The number of carbonyl (C=O) groups is 3. The molecule has 1 heterocycles. The van der Waals surface area contributed by atoms with Crippen LogP contribution in [0.2, 0.25) is 0 Å². The smallest absolute Gasteiger partial charge is 0.253 e. The average Bonchev–Trinajstić information content (AvgIpc) is 2.85. The topological polar surface area (TPSA) is 108 Å². The van der Waals surface area contributed by atoms with Gasteiger partial charge in [-0.3, -0.25) is 19.8 Å². The summed E-state index contributed by atoms with van der Waals surface area (Å²) >= 11 is 0. The minimum atomic E-state index is -0.803. The normalized spacial score (nSPS) is 17.5. The number of nitrogens with one attached hydrogen (secondary N) is 2. The molecule has 0 saturated carbocycles.